The lowest BCUT2D eigenvalue weighted by atomic mass is 9.80. The van der Waals surface area contributed by atoms with Gasteiger partial charge in [0, 0.05) is 16.8 Å². The predicted octanol–water partition coefficient (Wildman–Crippen LogP) is 3.90. The summed E-state index contributed by atoms with van der Waals surface area (Å²) >= 11 is 0. The molecule has 0 aliphatic carbocycles. The quantitative estimate of drug-likeness (QED) is 0.228. The third-order valence-corrected chi connectivity index (χ3v) is 8.30. The molecule has 0 bridgehead atoms. The minimum atomic E-state index is -2.44. The molecular weight excluding hydrogens is 563 g/mol. The van der Waals surface area contributed by atoms with Gasteiger partial charge in [-0.1, -0.05) is 54.6 Å². The maximum Gasteiger partial charge on any atom is 0.698 e. The van der Waals surface area contributed by atoms with Crippen LogP contribution in [0.25, 0.3) is 0 Å². The van der Waals surface area contributed by atoms with Crippen LogP contribution in [0.1, 0.15) is 22.9 Å². The van der Waals surface area contributed by atoms with Gasteiger partial charge in [0.25, 0.3) is 5.56 Å². The Morgan fingerprint density at radius 2 is 1.38 bits per heavy atom. The topological polar surface area (TPSA) is 127 Å². The molecule has 6 rings (SSSR count). The Hall–Kier alpha value is -4.12. The van der Waals surface area contributed by atoms with Gasteiger partial charge in [-0.05, 0) is 41.0 Å². The molecule has 12 heteroatoms. The smallest absolute Gasteiger partial charge is 0.497 e. The van der Waals surface area contributed by atoms with Crippen molar-refractivity contribution in [3.8, 4) is 11.5 Å². The van der Waals surface area contributed by atoms with Crippen molar-refractivity contribution < 1.29 is 32.6 Å². The predicted molar refractivity (Wildman–Crippen MR) is 151 cm³/mol. The molecule has 2 aliphatic rings. The zero-order valence-corrected chi connectivity index (χ0v) is 23.6. The summed E-state index contributed by atoms with van der Waals surface area (Å²) in [6.07, 6.45) is -2.12. The Morgan fingerprint density at radius 3 is 1.95 bits per heavy atom. The normalized spacial score (nSPS) is 22.6. The summed E-state index contributed by atoms with van der Waals surface area (Å²) in [7, 11) is 0.766. The van der Waals surface area contributed by atoms with Gasteiger partial charge < -0.3 is 18.9 Å². The number of aromatic amines is 1. The van der Waals surface area contributed by atoms with Crippen LogP contribution < -0.4 is 20.7 Å². The van der Waals surface area contributed by atoms with E-state index in [-0.39, 0.29) is 6.61 Å². The van der Waals surface area contributed by atoms with Crippen molar-refractivity contribution >= 4 is 8.25 Å². The summed E-state index contributed by atoms with van der Waals surface area (Å²) in [5, 5.41) is 0. The third-order valence-electron chi connectivity index (χ3n) is 7.46. The minimum absolute atomic E-state index is 0.0325. The highest BCUT2D eigenvalue weighted by Gasteiger charge is 2.61. The van der Waals surface area contributed by atoms with Gasteiger partial charge >= 0.3 is 13.9 Å². The van der Waals surface area contributed by atoms with E-state index in [9.17, 15) is 14.2 Å². The van der Waals surface area contributed by atoms with E-state index in [1.807, 2.05) is 78.9 Å². The standard InChI is InChI=1S/C30H27N2O9P/c1-36-22-12-8-20(9-13-22)30(19-6-4-3-5-7-19,21-10-14-23(37-2)15-11-21)38-18-24-26-27(41-42(35)40-26)28(39-24)32-17-16-25(33)31-29(32)34/h3-17,24,26-28H,18H2,1-2H3/p+1/t24-,26-,27-,28-/m1/s1. The summed E-state index contributed by atoms with van der Waals surface area (Å²) in [4.78, 5) is 26.4. The molecule has 2 aliphatic heterocycles. The average molecular weight is 592 g/mol. The van der Waals surface area contributed by atoms with Crippen LogP contribution in [0.2, 0.25) is 0 Å². The SMILES string of the molecule is COc1ccc(C(OC[C@H]2O[C@@H](n3ccc(=O)[nH]c3=O)[C@@H]3O[P+](=O)O[C@@H]32)(c2ccccc2)c2ccc(OC)cc2)cc1. The van der Waals surface area contributed by atoms with Crippen molar-refractivity contribution in [1.82, 2.24) is 9.55 Å². The second-order valence-electron chi connectivity index (χ2n) is 9.76. The number of rotatable bonds is 9. The molecule has 1 aromatic heterocycles. The second kappa shape index (κ2) is 11.6. The van der Waals surface area contributed by atoms with Gasteiger partial charge in [-0.2, -0.15) is 0 Å². The number of H-pyrrole nitrogens is 1. The van der Waals surface area contributed by atoms with Gasteiger partial charge in [0.15, 0.2) is 18.4 Å². The molecule has 0 saturated carbocycles. The first-order valence-corrected chi connectivity index (χ1v) is 14.3. The minimum Gasteiger partial charge on any atom is -0.497 e. The summed E-state index contributed by atoms with van der Waals surface area (Å²) in [5.74, 6) is 1.37. The van der Waals surface area contributed by atoms with E-state index in [0.717, 1.165) is 16.7 Å². The molecule has 2 fully saturated rings. The number of benzene rings is 3. The Kier molecular flexibility index (Phi) is 7.76. The van der Waals surface area contributed by atoms with E-state index >= 15 is 0 Å². The summed E-state index contributed by atoms with van der Waals surface area (Å²) in [6, 6.07) is 26.1. The highest BCUT2D eigenvalue weighted by atomic mass is 31.1. The Bertz CT molecular complexity index is 1620. The van der Waals surface area contributed by atoms with Crippen molar-refractivity contribution in [1.29, 1.82) is 0 Å². The first-order valence-electron chi connectivity index (χ1n) is 13.2. The van der Waals surface area contributed by atoms with E-state index < -0.39 is 49.6 Å². The highest BCUT2D eigenvalue weighted by Crippen LogP contribution is 2.50. The molecule has 42 heavy (non-hydrogen) atoms. The second-order valence-corrected chi connectivity index (χ2v) is 10.6. The molecule has 0 spiro atoms. The molecule has 3 heterocycles. The number of nitrogens with zero attached hydrogens (tertiary/aromatic N) is 1. The zero-order valence-electron chi connectivity index (χ0n) is 22.7. The van der Waals surface area contributed by atoms with E-state index in [0.29, 0.717) is 11.5 Å². The van der Waals surface area contributed by atoms with Crippen molar-refractivity contribution in [3.63, 3.8) is 0 Å². The molecule has 2 saturated heterocycles. The molecule has 5 atom stereocenters. The van der Waals surface area contributed by atoms with Crippen LogP contribution in [-0.4, -0.2) is 48.7 Å². The molecule has 0 amide bonds. The van der Waals surface area contributed by atoms with E-state index in [4.69, 9.17) is 28.0 Å². The van der Waals surface area contributed by atoms with Crippen molar-refractivity contribution in [2.24, 2.45) is 0 Å². The molecule has 3 aromatic carbocycles. The molecule has 4 aromatic rings. The van der Waals surface area contributed by atoms with Gasteiger partial charge in [0.1, 0.15) is 23.2 Å². The van der Waals surface area contributed by atoms with Crippen LogP contribution in [0.4, 0.5) is 0 Å². The van der Waals surface area contributed by atoms with Gasteiger partial charge in [-0.15, -0.1) is 9.05 Å². The maximum atomic E-state index is 12.6. The lowest BCUT2D eigenvalue weighted by molar-refractivity contribution is -0.0972. The molecular formula is C30H28N2O9P+. The Morgan fingerprint density at radius 1 is 0.810 bits per heavy atom. The van der Waals surface area contributed by atoms with Crippen molar-refractivity contribution in [2.75, 3.05) is 20.8 Å². The molecule has 216 valence electrons. The maximum absolute atomic E-state index is 12.6. The van der Waals surface area contributed by atoms with Gasteiger partial charge in [-0.25, -0.2) is 4.79 Å². The van der Waals surface area contributed by atoms with Crippen LogP contribution in [0.15, 0.2) is 101 Å². The number of hydrogen-bond donors (Lipinski definition) is 1. The average Bonchev–Trinajstić information content (AvgIpc) is 3.56. The molecule has 0 radical (unpaired) electrons. The van der Waals surface area contributed by atoms with E-state index in [1.165, 1.54) is 16.8 Å². The number of fused-ring (bicyclic) bond motifs is 1. The van der Waals surface area contributed by atoms with Crippen LogP contribution in [-0.2, 0) is 28.7 Å². The van der Waals surface area contributed by atoms with E-state index in [2.05, 4.69) is 4.98 Å². The Balaban J connectivity index is 1.42. The lowest BCUT2D eigenvalue weighted by Crippen LogP contribution is -2.39. The first kappa shape index (κ1) is 28.0. The van der Waals surface area contributed by atoms with Crippen LogP contribution in [0, 0.1) is 0 Å². The summed E-state index contributed by atoms with van der Waals surface area (Å²) in [6.45, 7) is -0.0325. The lowest BCUT2D eigenvalue weighted by Gasteiger charge is -2.37. The fraction of sp³-hybridized carbons (Fsp3) is 0.267. The number of ether oxygens (including phenoxy) is 4. The Labute approximate surface area is 241 Å². The monoisotopic (exact) mass is 591 g/mol. The summed E-state index contributed by atoms with van der Waals surface area (Å²) < 4.78 is 48.7. The van der Waals surface area contributed by atoms with Crippen LogP contribution >= 0.6 is 8.25 Å². The fourth-order valence-corrected chi connectivity index (χ4v) is 6.37. The molecule has 11 nitrogen and oxygen atoms in total. The summed E-state index contributed by atoms with van der Waals surface area (Å²) in [5.41, 5.74) is 0.112. The van der Waals surface area contributed by atoms with Crippen LogP contribution in [0.5, 0.6) is 11.5 Å². The number of aromatic nitrogens is 2. The number of methoxy groups -OCH3 is 2. The highest BCUT2D eigenvalue weighted by molar-refractivity contribution is 7.33. The molecule has 1 N–H and O–H groups in total. The largest absolute Gasteiger partial charge is 0.698 e. The van der Waals surface area contributed by atoms with Gasteiger partial charge in [0.2, 0.25) is 0 Å². The van der Waals surface area contributed by atoms with Gasteiger partial charge in [-0.3, -0.25) is 14.3 Å². The van der Waals surface area contributed by atoms with Gasteiger partial charge in [0.05, 0.1) is 20.8 Å². The van der Waals surface area contributed by atoms with Crippen LogP contribution in [0.3, 0.4) is 0 Å². The first-order chi connectivity index (χ1) is 20.4. The van der Waals surface area contributed by atoms with Crippen molar-refractivity contribution in [2.45, 2.75) is 30.1 Å². The fourth-order valence-electron chi connectivity index (χ4n) is 5.44. The van der Waals surface area contributed by atoms with Crippen molar-refractivity contribution in [3.05, 3.63) is 129 Å². The van der Waals surface area contributed by atoms with E-state index in [1.54, 1.807) is 14.2 Å². The number of nitrogens with one attached hydrogen (secondary N) is 1. The number of hydrogen-bond acceptors (Lipinski definition) is 9. The zero-order chi connectivity index (χ0) is 29.3. The molecule has 1 unspecified atom stereocenters. The third kappa shape index (κ3) is 5.06.